The Labute approximate surface area is 142 Å². The van der Waals surface area contributed by atoms with Gasteiger partial charge in [0.05, 0.1) is 23.7 Å². The summed E-state index contributed by atoms with van der Waals surface area (Å²) in [5.41, 5.74) is 1.28. The summed E-state index contributed by atoms with van der Waals surface area (Å²) in [5, 5.41) is 2.55. The molecule has 1 N–H and O–H groups in total. The van der Waals surface area contributed by atoms with Crippen molar-refractivity contribution in [3.05, 3.63) is 42.5 Å². The van der Waals surface area contributed by atoms with Crippen molar-refractivity contribution in [2.75, 3.05) is 18.2 Å². The Morgan fingerprint density at radius 2 is 1.92 bits per heavy atom. The lowest BCUT2D eigenvalue weighted by Gasteiger charge is -2.07. The lowest BCUT2D eigenvalue weighted by molar-refractivity contribution is -0.113. The third-order valence-corrected chi connectivity index (χ3v) is 5.46. The van der Waals surface area contributed by atoms with Crippen LogP contribution in [0.3, 0.4) is 0 Å². The van der Waals surface area contributed by atoms with E-state index in [1.54, 1.807) is 36.4 Å². The number of carbonyl (C=O) groups is 1. The molecule has 124 valence electrons. The number of hydrogen-bond donors (Lipinski definition) is 1. The number of anilines is 1. The van der Waals surface area contributed by atoms with Crippen LogP contribution in [0.2, 0.25) is 0 Å². The highest BCUT2D eigenvalue weighted by atomic mass is 32.2. The van der Waals surface area contributed by atoms with Gasteiger partial charge in [-0.2, -0.15) is 8.75 Å². The van der Waals surface area contributed by atoms with Gasteiger partial charge in [-0.1, -0.05) is 6.07 Å². The third kappa shape index (κ3) is 3.36. The molecule has 1 amide bonds. The van der Waals surface area contributed by atoms with Crippen LogP contribution in [0, 0.1) is 0 Å². The van der Waals surface area contributed by atoms with Crippen molar-refractivity contribution >= 4 is 44.2 Å². The van der Waals surface area contributed by atoms with Gasteiger partial charge < -0.3 is 10.1 Å². The van der Waals surface area contributed by atoms with Gasteiger partial charge in [0.1, 0.15) is 22.5 Å². The maximum absolute atomic E-state index is 12.5. The SMILES string of the molecule is COc1ccc(NC(=O)CS(=O)(=O)c2cccc3nsnc23)cc1. The monoisotopic (exact) mass is 363 g/mol. The number of hydrogen-bond acceptors (Lipinski definition) is 7. The van der Waals surface area contributed by atoms with Gasteiger partial charge in [0.2, 0.25) is 5.91 Å². The number of amides is 1. The molecule has 1 aromatic heterocycles. The number of methoxy groups -OCH3 is 1. The summed E-state index contributed by atoms with van der Waals surface area (Å²) < 4.78 is 38.0. The van der Waals surface area contributed by atoms with E-state index in [1.807, 2.05) is 0 Å². The Hall–Kier alpha value is -2.52. The first kappa shape index (κ1) is 16.3. The predicted octanol–water partition coefficient (Wildman–Crippen LogP) is 2.11. The largest absolute Gasteiger partial charge is 0.497 e. The minimum absolute atomic E-state index is 0.0126. The topological polar surface area (TPSA) is 98.2 Å². The minimum Gasteiger partial charge on any atom is -0.497 e. The minimum atomic E-state index is -3.82. The standard InChI is InChI=1S/C15H13N3O4S2/c1-22-11-7-5-10(6-8-11)16-14(19)9-24(20,21)13-4-2-3-12-15(13)18-23-17-12/h2-8H,9H2,1H3,(H,16,19). The number of ether oxygens (including phenoxy) is 1. The fraction of sp³-hybridized carbons (Fsp3) is 0.133. The lowest BCUT2D eigenvalue weighted by Crippen LogP contribution is -2.23. The highest BCUT2D eigenvalue weighted by Crippen LogP contribution is 2.22. The van der Waals surface area contributed by atoms with Gasteiger partial charge >= 0.3 is 0 Å². The normalized spacial score (nSPS) is 11.4. The molecular formula is C15H13N3O4S2. The summed E-state index contributed by atoms with van der Waals surface area (Å²) in [7, 11) is -2.29. The highest BCUT2D eigenvalue weighted by Gasteiger charge is 2.23. The van der Waals surface area contributed by atoms with Gasteiger partial charge in [0, 0.05) is 5.69 Å². The molecule has 0 saturated carbocycles. The van der Waals surface area contributed by atoms with E-state index in [0.29, 0.717) is 22.5 Å². The molecule has 0 unspecified atom stereocenters. The Morgan fingerprint density at radius 1 is 1.17 bits per heavy atom. The van der Waals surface area contributed by atoms with Gasteiger partial charge in [0.15, 0.2) is 9.84 Å². The molecule has 0 aliphatic heterocycles. The van der Waals surface area contributed by atoms with Crippen LogP contribution >= 0.6 is 11.7 Å². The molecule has 0 saturated heterocycles. The molecule has 0 aliphatic rings. The molecule has 3 rings (SSSR count). The van der Waals surface area contributed by atoms with Gasteiger partial charge in [0.25, 0.3) is 0 Å². The van der Waals surface area contributed by atoms with Crippen LogP contribution in [0.5, 0.6) is 5.75 Å². The second-order valence-electron chi connectivity index (χ2n) is 4.92. The molecule has 3 aromatic rings. The smallest absolute Gasteiger partial charge is 0.239 e. The van der Waals surface area contributed by atoms with E-state index in [-0.39, 0.29) is 4.90 Å². The average molecular weight is 363 g/mol. The average Bonchev–Trinajstić information content (AvgIpc) is 3.03. The summed E-state index contributed by atoms with van der Waals surface area (Å²) in [5.74, 6) is -0.654. The zero-order chi connectivity index (χ0) is 17.2. The number of aromatic nitrogens is 2. The number of nitrogens with one attached hydrogen (secondary N) is 1. The Kier molecular flexibility index (Phi) is 4.45. The molecule has 0 bridgehead atoms. The Balaban J connectivity index is 1.78. The summed E-state index contributed by atoms with van der Waals surface area (Å²) in [6, 6.07) is 11.3. The molecule has 24 heavy (non-hydrogen) atoms. The van der Waals surface area contributed by atoms with Crippen LogP contribution in [0.15, 0.2) is 47.4 Å². The van der Waals surface area contributed by atoms with E-state index >= 15 is 0 Å². The third-order valence-electron chi connectivity index (χ3n) is 3.28. The van der Waals surface area contributed by atoms with E-state index in [0.717, 1.165) is 11.7 Å². The molecule has 9 heteroatoms. The maximum atomic E-state index is 12.5. The first-order valence-electron chi connectivity index (χ1n) is 6.87. The van der Waals surface area contributed by atoms with Gasteiger partial charge in [-0.05, 0) is 36.4 Å². The molecular weight excluding hydrogens is 350 g/mol. The first-order chi connectivity index (χ1) is 11.5. The number of benzene rings is 2. The number of carbonyl (C=O) groups excluding carboxylic acids is 1. The lowest BCUT2D eigenvalue weighted by atomic mass is 10.3. The van der Waals surface area contributed by atoms with Crippen molar-refractivity contribution in [1.29, 1.82) is 0 Å². The molecule has 0 fully saturated rings. The zero-order valence-electron chi connectivity index (χ0n) is 12.6. The van der Waals surface area contributed by atoms with E-state index in [9.17, 15) is 13.2 Å². The maximum Gasteiger partial charge on any atom is 0.239 e. The van der Waals surface area contributed by atoms with E-state index in [1.165, 1.54) is 13.2 Å². The van der Waals surface area contributed by atoms with E-state index in [4.69, 9.17) is 4.74 Å². The van der Waals surface area contributed by atoms with Crippen molar-refractivity contribution in [3.8, 4) is 5.75 Å². The number of nitrogens with zero attached hydrogens (tertiary/aromatic N) is 2. The Morgan fingerprint density at radius 3 is 2.62 bits per heavy atom. The summed E-state index contributed by atoms with van der Waals surface area (Å²) >= 11 is 0.931. The predicted molar refractivity (Wildman–Crippen MR) is 91.1 cm³/mol. The zero-order valence-corrected chi connectivity index (χ0v) is 14.2. The molecule has 0 spiro atoms. The molecule has 2 aromatic carbocycles. The fourth-order valence-electron chi connectivity index (χ4n) is 2.15. The fourth-order valence-corrected chi connectivity index (χ4v) is 4.07. The van der Waals surface area contributed by atoms with Crippen molar-refractivity contribution in [2.24, 2.45) is 0 Å². The molecule has 0 aliphatic carbocycles. The highest BCUT2D eigenvalue weighted by molar-refractivity contribution is 7.92. The van der Waals surface area contributed by atoms with Crippen molar-refractivity contribution in [2.45, 2.75) is 4.90 Å². The molecule has 0 radical (unpaired) electrons. The first-order valence-corrected chi connectivity index (χ1v) is 9.26. The summed E-state index contributed by atoms with van der Waals surface area (Å²) in [4.78, 5) is 12.1. The van der Waals surface area contributed by atoms with Gasteiger partial charge in [-0.25, -0.2) is 8.42 Å². The van der Waals surface area contributed by atoms with Crippen LogP contribution in [0.4, 0.5) is 5.69 Å². The van der Waals surface area contributed by atoms with Crippen LogP contribution in [0.1, 0.15) is 0 Å². The quantitative estimate of drug-likeness (QED) is 0.745. The van der Waals surface area contributed by atoms with Crippen molar-refractivity contribution < 1.29 is 17.9 Å². The van der Waals surface area contributed by atoms with E-state index < -0.39 is 21.5 Å². The number of sulfone groups is 1. The Bertz CT molecular complexity index is 981. The second kappa shape index (κ2) is 6.54. The second-order valence-corrected chi connectivity index (χ2v) is 7.41. The van der Waals surface area contributed by atoms with Crippen molar-refractivity contribution in [3.63, 3.8) is 0 Å². The summed E-state index contributed by atoms with van der Waals surface area (Å²) in [6.07, 6.45) is 0. The van der Waals surface area contributed by atoms with Crippen molar-refractivity contribution in [1.82, 2.24) is 8.75 Å². The van der Waals surface area contributed by atoms with Crippen LogP contribution in [-0.2, 0) is 14.6 Å². The molecule has 1 heterocycles. The number of fused-ring (bicyclic) bond motifs is 1. The van der Waals surface area contributed by atoms with Crippen LogP contribution < -0.4 is 10.1 Å². The molecule has 7 nitrogen and oxygen atoms in total. The van der Waals surface area contributed by atoms with E-state index in [2.05, 4.69) is 14.1 Å². The van der Waals surface area contributed by atoms with Gasteiger partial charge in [-0.3, -0.25) is 4.79 Å². The van der Waals surface area contributed by atoms with Crippen LogP contribution in [0.25, 0.3) is 11.0 Å². The summed E-state index contributed by atoms with van der Waals surface area (Å²) in [6.45, 7) is 0. The molecule has 0 atom stereocenters. The van der Waals surface area contributed by atoms with Gasteiger partial charge in [-0.15, -0.1) is 0 Å². The van der Waals surface area contributed by atoms with Crippen LogP contribution in [-0.4, -0.2) is 35.9 Å². The number of rotatable bonds is 5.